The van der Waals surface area contributed by atoms with Crippen LogP contribution in [0.5, 0.6) is 11.5 Å². The van der Waals surface area contributed by atoms with E-state index < -0.39 is 0 Å². The number of carbonyl (C=O) groups excluding carboxylic acids is 1. The van der Waals surface area contributed by atoms with E-state index in [1.807, 2.05) is 18.2 Å². The largest absolute Gasteiger partial charge is 0.497 e. The first-order valence-corrected chi connectivity index (χ1v) is 8.80. The smallest absolute Gasteiger partial charge is 0.258 e. The molecule has 2 aromatic carbocycles. The lowest BCUT2D eigenvalue weighted by Crippen LogP contribution is -2.30. The van der Waals surface area contributed by atoms with Gasteiger partial charge in [-0.2, -0.15) is 0 Å². The number of ether oxygens (including phenoxy) is 2. The van der Waals surface area contributed by atoms with E-state index >= 15 is 0 Å². The minimum absolute atomic E-state index is 0.0135. The number of methoxy groups -OCH3 is 1. The van der Waals surface area contributed by atoms with Crippen molar-refractivity contribution in [2.75, 3.05) is 20.8 Å². The van der Waals surface area contributed by atoms with Crippen molar-refractivity contribution in [2.24, 2.45) is 0 Å². The van der Waals surface area contributed by atoms with Crippen LogP contribution < -0.4 is 14.8 Å². The van der Waals surface area contributed by atoms with Crippen molar-refractivity contribution < 1.29 is 14.3 Å². The molecule has 5 heteroatoms. The molecule has 1 amide bonds. The molecule has 0 fully saturated rings. The molecular weight excluding hydrogens is 328 g/mol. The Bertz CT molecular complexity index is 699. The van der Waals surface area contributed by atoms with Gasteiger partial charge in [-0.15, -0.1) is 0 Å². The first-order chi connectivity index (χ1) is 12.5. The summed E-state index contributed by atoms with van der Waals surface area (Å²) in [5, 5.41) is 2.93. The Kier molecular flexibility index (Phi) is 7.48. The van der Waals surface area contributed by atoms with Gasteiger partial charge < -0.3 is 14.8 Å². The highest BCUT2D eigenvalue weighted by Gasteiger charge is 2.09. The van der Waals surface area contributed by atoms with Crippen LogP contribution >= 0.6 is 0 Å². The van der Waals surface area contributed by atoms with Crippen molar-refractivity contribution in [1.29, 1.82) is 0 Å². The van der Waals surface area contributed by atoms with Crippen LogP contribution in [0.15, 0.2) is 48.5 Å². The molecule has 1 N–H and O–H groups in total. The van der Waals surface area contributed by atoms with E-state index in [-0.39, 0.29) is 12.5 Å². The number of hydrogen-bond acceptors (Lipinski definition) is 4. The second-order valence-electron chi connectivity index (χ2n) is 6.52. The molecule has 0 bridgehead atoms. The topological polar surface area (TPSA) is 50.8 Å². The molecule has 0 saturated carbocycles. The van der Waals surface area contributed by atoms with Gasteiger partial charge in [0, 0.05) is 19.1 Å². The Morgan fingerprint density at radius 3 is 2.27 bits per heavy atom. The third-order valence-electron chi connectivity index (χ3n) is 4.33. The highest BCUT2D eigenvalue weighted by molar-refractivity contribution is 5.77. The van der Waals surface area contributed by atoms with Crippen molar-refractivity contribution in [1.82, 2.24) is 10.2 Å². The molecule has 26 heavy (non-hydrogen) atoms. The molecular formula is C21H28N2O3. The lowest BCUT2D eigenvalue weighted by molar-refractivity contribution is -0.123. The molecule has 0 aliphatic carbocycles. The quantitative estimate of drug-likeness (QED) is 0.749. The van der Waals surface area contributed by atoms with E-state index in [2.05, 4.69) is 37.2 Å². The van der Waals surface area contributed by atoms with E-state index in [1.54, 1.807) is 31.4 Å². The predicted molar refractivity (Wildman–Crippen MR) is 103 cm³/mol. The van der Waals surface area contributed by atoms with Crippen molar-refractivity contribution in [2.45, 2.75) is 33.0 Å². The SMILES string of the molecule is COc1ccc(OCC(=O)NCc2ccccc2CN(C)C(C)C)cc1. The second kappa shape index (κ2) is 9.82. The number of rotatable bonds is 9. The molecule has 2 rings (SSSR count). The average Bonchev–Trinajstić information content (AvgIpc) is 2.66. The number of amides is 1. The molecule has 5 nitrogen and oxygen atoms in total. The summed E-state index contributed by atoms with van der Waals surface area (Å²) in [6.07, 6.45) is 0. The van der Waals surface area contributed by atoms with Gasteiger partial charge in [-0.25, -0.2) is 0 Å². The Hall–Kier alpha value is -2.53. The number of benzene rings is 2. The maximum Gasteiger partial charge on any atom is 0.258 e. The minimum atomic E-state index is -0.146. The summed E-state index contributed by atoms with van der Waals surface area (Å²) < 4.78 is 10.6. The highest BCUT2D eigenvalue weighted by atomic mass is 16.5. The standard InChI is InChI=1S/C21H28N2O3/c1-16(2)23(3)14-18-8-6-5-7-17(18)13-22-21(24)15-26-20-11-9-19(25-4)10-12-20/h5-12,16H,13-15H2,1-4H3,(H,22,24). The van der Waals surface area contributed by atoms with Crippen molar-refractivity contribution in [3.8, 4) is 11.5 Å². The summed E-state index contributed by atoms with van der Waals surface area (Å²) in [4.78, 5) is 14.4. The van der Waals surface area contributed by atoms with Crippen LogP contribution in [0.4, 0.5) is 0 Å². The van der Waals surface area contributed by atoms with Crippen molar-refractivity contribution in [3.63, 3.8) is 0 Å². The highest BCUT2D eigenvalue weighted by Crippen LogP contribution is 2.17. The van der Waals surface area contributed by atoms with Gasteiger partial charge >= 0.3 is 0 Å². The predicted octanol–water partition coefficient (Wildman–Crippen LogP) is 3.23. The Balaban J connectivity index is 1.85. The van der Waals surface area contributed by atoms with Crippen molar-refractivity contribution in [3.05, 3.63) is 59.7 Å². The van der Waals surface area contributed by atoms with Gasteiger partial charge in [-0.1, -0.05) is 24.3 Å². The van der Waals surface area contributed by atoms with Gasteiger partial charge in [0.25, 0.3) is 5.91 Å². The second-order valence-corrected chi connectivity index (χ2v) is 6.52. The van der Waals surface area contributed by atoms with Crippen LogP contribution in [0.3, 0.4) is 0 Å². The van der Waals surface area contributed by atoms with Crippen LogP contribution in [-0.2, 0) is 17.9 Å². The monoisotopic (exact) mass is 356 g/mol. The Labute approximate surface area is 155 Å². The summed E-state index contributed by atoms with van der Waals surface area (Å²) in [5.74, 6) is 1.25. The van der Waals surface area contributed by atoms with Gasteiger partial charge in [-0.05, 0) is 56.3 Å². The van der Waals surface area contributed by atoms with E-state index in [9.17, 15) is 4.79 Å². The summed E-state index contributed by atoms with van der Waals surface area (Å²) in [6.45, 7) is 5.67. The molecule has 0 aromatic heterocycles. The van der Waals surface area contributed by atoms with E-state index in [1.165, 1.54) is 5.56 Å². The fourth-order valence-corrected chi connectivity index (χ4v) is 2.40. The first kappa shape index (κ1) is 19.8. The fourth-order valence-electron chi connectivity index (χ4n) is 2.40. The number of carbonyl (C=O) groups is 1. The van der Waals surface area contributed by atoms with Crippen LogP contribution in [-0.4, -0.2) is 37.6 Å². The van der Waals surface area contributed by atoms with Crippen LogP contribution in [0.2, 0.25) is 0 Å². The average molecular weight is 356 g/mol. The minimum Gasteiger partial charge on any atom is -0.497 e. The van der Waals surface area contributed by atoms with Gasteiger partial charge in [0.05, 0.1) is 7.11 Å². The summed E-state index contributed by atoms with van der Waals surface area (Å²) in [7, 11) is 3.71. The molecule has 140 valence electrons. The lowest BCUT2D eigenvalue weighted by atomic mass is 10.1. The molecule has 0 spiro atoms. The van der Waals surface area contributed by atoms with Gasteiger partial charge in [-0.3, -0.25) is 9.69 Å². The van der Waals surface area contributed by atoms with Crippen molar-refractivity contribution >= 4 is 5.91 Å². The summed E-state index contributed by atoms with van der Waals surface area (Å²) in [6, 6.07) is 15.8. The molecule has 0 aliphatic rings. The van der Waals surface area contributed by atoms with E-state index in [0.717, 1.165) is 17.9 Å². The molecule has 0 aliphatic heterocycles. The van der Waals surface area contributed by atoms with Gasteiger partial charge in [0.15, 0.2) is 6.61 Å². The number of nitrogens with zero attached hydrogens (tertiary/aromatic N) is 1. The molecule has 2 aromatic rings. The third-order valence-corrected chi connectivity index (χ3v) is 4.33. The van der Waals surface area contributed by atoms with Crippen LogP contribution in [0.25, 0.3) is 0 Å². The van der Waals surface area contributed by atoms with Crippen LogP contribution in [0.1, 0.15) is 25.0 Å². The van der Waals surface area contributed by atoms with E-state index in [0.29, 0.717) is 18.3 Å². The molecule has 0 atom stereocenters. The summed E-state index contributed by atoms with van der Waals surface area (Å²) >= 11 is 0. The Morgan fingerprint density at radius 1 is 1.04 bits per heavy atom. The normalized spacial score (nSPS) is 10.8. The van der Waals surface area contributed by atoms with E-state index in [4.69, 9.17) is 9.47 Å². The zero-order valence-corrected chi connectivity index (χ0v) is 16.0. The van der Waals surface area contributed by atoms with Gasteiger partial charge in [0.1, 0.15) is 11.5 Å². The summed E-state index contributed by atoms with van der Waals surface area (Å²) in [5.41, 5.74) is 2.35. The lowest BCUT2D eigenvalue weighted by Gasteiger charge is -2.22. The zero-order chi connectivity index (χ0) is 18.9. The maximum absolute atomic E-state index is 12.1. The van der Waals surface area contributed by atoms with Crippen LogP contribution in [0, 0.1) is 0 Å². The first-order valence-electron chi connectivity index (χ1n) is 8.80. The third kappa shape index (κ3) is 6.08. The zero-order valence-electron chi connectivity index (χ0n) is 16.0. The molecule has 0 heterocycles. The van der Waals surface area contributed by atoms with Gasteiger partial charge in [0.2, 0.25) is 0 Å². The Morgan fingerprint density at radius 2 is 1.65 bits per heavy atom. The molecule has 0 saturated heterocycles. The number of nitrogens with one attached hydrogen (secondary N) is 1. The molecule has 0 radical (unpaired) electrons. The molecule has 0 unspecified atom stereocenters. The maximum atomic E-state index is 12.1. The number of hydrogen-bond donors (Lipinski definition) is 1. The fraction of sp³-hybridized carbons (Fsp3) is 0.381.